The van der Waals surface area contributed by atoms with E-state index in [0.29, 0.717) is 12.8 Å². The SMILES string of the molecule is CC(C)(C)[S+]([O-])N[C@](C)(CCC1(C#N)CC1)c1cc([N+](=O)[O-])ccc1F. The van der Waals surface area contributed by atoms with Crippen LogP contribution in [0.3, 0.4) is 0 Å². The third kappa shape index (κ3) is 4.53. The number of non-ortho nitro benzene ring substituents is 1. The summed E-state index contributed by atoms with van der Waals surface area (Å²) < 4.78 is 29.6. The van der Waals surface area contributed by atoms with Crippen LogP contribution < -0.4 is 4.72 Å². The first-order valence-corrected chi connectivity index (χ1v) is 9.63. The second-order valence-corrected chi connectivity index (χ2v) is 10.1. The lowest BCUT2D eigenvalue weighted by Gasteiger charge is -2.35. The van der Waals surface area contributed by atoms with Gasteiger partial charge in [-0.3, -0.25) is 10.1 Å². The first kappa shape index (κ1) is 20.6. The third-order valence-corrected chi connectivity index (χ3v) is 6.57. The number of hydrogen-bond donors (Lipinski definition) is 1. The number of benzene rings is 1. The van der Waals surface area contributed by atoms with Gasteiger partial charge in [0.2, 0.25) is 0 Å². The Bertz CT molecular complexity index is 740. The highest BCUT2D eigenvalue weighted by Gasteiger charge is 2.46. The summed E-state index contributed by atoms with van der Waals surface area (Å²) in [7, 11) is 0. The Kier molecular flexibility index (Phi) is 5.66. The van der Waals surface area contributed by atoms with Gasteiger partial charge in [0.15, 0.2) is 0 Å². The lowest BCUT2D eigenvalue weighted by atomic mass is 9.84. The second kappa shape index (κ2) is 7.14. The molecule has 142 valence electrons. The number of nitro groups is 1. The topological polar surface area (TPSA) is 102 Å². The Hall–Kier alpha value is -1.69. The molecule has 1 aliphatic carbocycles. The summed E-state index contributed by atoms with van der Waals surface area (Å²) in [5, 5.41) is 20.4. The van der Waals surface area contributed by atoms with Crippen LogP contribution in [-0.4, -0.2) is 14.2 Å². The second-order valence-electron chi connectivity index (χ2n) is 8.13. The maximum absolute atomic E-state index is 14.6. The van der Waals surface area contributed by atoms with Gasteiger partial charge in [-0.25, -0.2) is 4.39 Å². The van der Waals surface area contributed by atoms with E-state index in [-0.39, 0.29) is 11.3 Å². The van der Waals surface area contributed by atoms with Crippen molar-refractivity contribution in [1.29, 1.82) is 5.26 Å². The fourth-order valence-corrected chi connectivity index (χ4v) is 3.63. The van der Waals surface area contributed by atoms with E-state index in [9.17, 15) is 24.3 Å². The van der Waals surface area contributed by atoms with E-state index >= 15 is 0 Å². The normalized spacial score (nSPS) is 19.3. The highest BCUT2D eigenvalue weighted by atomic mass is 32.2. The zero-order valence-corrected chi connectivity index (χ0v) is 16.3. The van der Waals surface area contributed by atoms with E-state index in [4.69, 9.17) is 0 Å². The van der Waals surface area contributed by atoms with E-state index in [0.717, 1.165) is 25.0 Å². The molecule has 2 atom stereocenters. The van der Waals surface area contributed by atoms with Gasteiger partial charge in [0.1, 0.15) is 10.6 Å². The maximum Gasteiger partial charge on any atom is 0.269 e. The lowest BCUT2D eigenvalue weighted by Crippen LogP contribution is -2.50. The monoisotopic (exact) mass is 381 g/mol. The minimum absolute atomic E-state index is 0.0954. The van der Waals surface area contributed by atoms with Gasteiger partial charge in [0, 0.05) is 29.1 Å². The Morgan fingerprint density at radius 3 is 2.46 bits per heavy atom. The van der Waals surface area contributed by atoms with Gasteiger partial charge in [-0.05, 0) is 59.4 Å². The molecule has 0 bridgehead atoms. The third-order valence-electron chi connectivity index (χ3n) is 4.82. The van der Waals surface area contributed by atoms with Crippen LogP contribution in [0.2, 0.25) is 0 Å². The fourth-order valence-electron chi connectivity index (χ4n) is 2.71. The van der Waals surface area contributed by atoms with E-state index in [1.165, 1.54) is 6.07 Å². The molecule has 1 fully saturated rings. The molecule has 0 spiro atoms. The molecule has 1 unspecified atom stereocenters. The van der Waals surface area contributed by atoms with E-state index < -0.39 is 37.8 Å². The molecule has 0 amide bonds. The van der Waals surface area contributed by atoms with Crippen molar-refractivity contribution < 1.29 is 13.9 Å². The fraction of sp³-hybridized carbons (Fsp3) is 0.611. The smallest absolute Gasteiger partial charge is 0.269 e. The maximum atomic E-state index is 14.6. The molecular weight excluding hydrogens is 357 g/mol. The molecule has 0 saturated heterocycles. The van der Waals surface area contributed by atoms with Gasteiger partial charge < -0.3 is 4.55 Å². The molecule has 0 aromatic heterocycles. The Balaban J connectivity index is 2.41. The molecule has 0 radical (unpaired) electrons. The zero-order valence-electron chi connectivity index (χ0n) is 15.5. The Labute approximate surface area is 156 Å². The van der Waals surface area contributed by atoms with Crippen LogP contribution in [0.4, 0.5) is 10.1 Å². The van der Waals surface area contributed by atoms with Gasteiger partial charge >= 0.3 is 0 Å². The number of halogens is 1. The highest BCUT2D eigenvalue weighted by molar-refractivity contribution is 7.90. The van der Waals surface area contributed by atoms with Crippen molar-refractivity contribution in [2.45, 2.75) is 63.7 Å². The molecule has 0 aliphatic heterocycles. The first-order chi connectivity index (χ1) is 11.9. The lowest BCUT2D eigenvalue weighted by molar-refractivity contribution is -0.385. The van der Waals surface area contributed by atoms with Crippen LogP contribution in [0, 0.1) is 32.7 Å². The standard InChI is InChI=1S/C18H24FN3O3S/c1-16(2,3)26(25)21-17(4,7-8-18(12-20)9-10-18)14-11-13(22(23)24)5-6-15(14)19/h5-6,11,21H,7-10H2,1-4H3/t17-,26?/m1/s1. The van der Waals surface area contributed by atoms with Crippen molar-refractivity contribution in [2.24, 2.45) is 5.41 Å². The Morgan fingerprint density at radius 2 is 2.00 bits per heavy atom. The van der Waals surface area contributed by atoms with Gasteiger partial charge in [-0.1, -0.05) is 0 Å². The van der Waals surface area contributed by atoms with Crippen LogP contribution in [0.25, 0.3) is 0 Å². The van der Waals surface area contributed by atoms with Gasteiger partial charge in [-0.2, -0.15) is 5.26 Å². The Morgan fingerprint density at radius 1 is 1.38 bits per heavy atom. The van der Waals surface area contributed by atoms with Gasteiger partial charge in [0.05, 0.1) is 21.9 Å². The number of nitrogens with one attached hydrogen (secondary N) is 1. The molecule has 26 heavy (non-hydrogen) atoms. The predicted molar refractivity (Wildman–Crippen MR) is 98.0 cm³/mol. The molecule has 8 heteroatoms. The molecule has 1 aliphatic rings. The minimum Gasteiger partial charge on any atom is -0.598 e. The van der Waals surface area contributed by atoms with Crippen molar-refractivity contribution in [3.63, 3.8) is 0 Å². The molecule has 1 N–H and O–H groups in total. The summed E-state index contributed by atoms with van der Waals surface area (Å²) in [5.41, 5.74) is -1.64. The summed E-state index contributed by atoms with van der Waals surface area (Å²) in [5.74, 6) is -0.599. The number of hydrogen-bond acceptors (Lipinski definition) is 5. The summed E-state index contributed by atoms with van der Waals surface area (Å²) in [6.45, 7) is 7.06. The molecule has 1 aromatic rings. The van der Waals surface area contributed by atoms with E-state index in [2.05, 4.69) is 10.8 Å². The van der Waals surface area contributed by atoms with Gasteiger partial charge in [0.25, 0.3) is 5.69 Å². The van der Waals surface area contributed by atoms with Crippen molar-refractivity contribution in [3.05, 3.63) is 39.7 Å². The van der Waals surface area contributed by atoms with E-state index in [1.807, 2.05) is 0 Å². The molecular formula is C18H24FN3O3S. The van der Waals surface area contributed by atoms with E-state index in [1.54, 1.807) is 27.7 Å². The average Bonchev–Trinajstić information content (AvgIpc) is 3.33. The number of rotatable bonds is 7. The van der Waals surface area contributed by atoms with Crippen LogP contribution in [0.15, 0.2) is 18.2 Å². The van der Waals surface area contributed by atoms with Crippen molar-refractivity contribution in [3.8, 4) is 6.07 Å². The van der Waals surface area contributed by atoms with Crippen molar-refractivity contribution in [2.75, 3.05) is 0 Å². The highest BCUT2D eigenvalue weighted by Crippen LogP contribution is 2.51. The first-order valence-electron chi connectivity index (χ1n) is 8.48. The van der Waals surface area contributed by atoms with Crippen LogP contribution >= 0.6 is 0 Å². The average molecular weight is 381 g/mol. The van der Waals surface area contributed by atoms with Crippen LogP contribution in [0.5, 0.6) is 0 Å². The van der Waals surface area contributed by atoms with Crippen molar-refractivity contribution in [1.82, 2.24) is 4.72 Å². The summed E-state index contributed by atoms with van der Waals surface area (Å²) in [6, 6.07) is 5.66. The molecule has 2 rings (SSSR count). The predicted octanol–water partition coefficient (Wildman–Crippen LogP) is 4.08. The van der Waals surface area contributed by atoms with Crippen LogP contribution in [-0.2, 0) is 16.9 Å². The minimum atomic E-state index is -1.51. The molecule has 0 heterocycles. The molecule has 1 aromatic carbocycles. The number of nitro benzene ring substituents is 1. The number of nitrogens with zero attached hydrogens (tertiary/aromatic N) is 2. The molecule has 1 saturated carbocycles. The number of nitriles is 1. The molecule has 6 nitrogen and oxygen atoms in total. The van der Waals surface area contributed by atoms with Crippen LogP contribution in [0.1, 0.15) is 58.9 Å². The quantitative estimate of drug-likeness (QED) is 0.435. The van der Waals surface area contributed by atoms with Gasteiger partial charge in [-0.15, -0.1) is 4.72 Å². The van der Waals surface area contributed by atoms with Crippen molar-refractivity contribution >= 4 is 17.0 Å². The summed E-state index contributed by atoms with van der Waals surface area (Å²) >= 11 is -1.51. The summed E-state index contributed by atoms with van der Waals surface area (Å²) in [6.07, 6.45) is 2.44. The largest absolute Gasteiger partial charge is 0.598 e. The summed E-state index contributed by atoms with van der Waals surface area (Å²) in [4.78, 5) is 10.5. The zero-order chi connectivity index (χ0) is 19.8.